The van der Waals surface area contributed by atoms with E-state index >= 15 is 0 Å². The molecule has 0 radical (unpaired) electrons. The summed E-state index contributed by atoms with van der Waals surface area (Å²) in [6.45, 7) is 12.1. The maximum atomic E-state index is 12.0. The van der Waals surface area contributed by atoms with Crippen LogP contribution < -0.4 is 16.7 Å². The largest absolute Gasteiger partial charge is 0.507 e. The van der Waals surface area contributed by atoms with Gasteiger partial charge >= 0.3 is 5.69 Å². The maximum Gasteiger partial charge on any atom is 0.342 e. The highest BCUT2D eigenvalue weighted by molar-refractivity contribution is 5.83. The number of hydrazone groups is 1. The lowest BCUT2D eigenvalue weighted by molar-refractivity contribution is -0.121. The highest BCUT2D eigenvalue weighted by Gasteiger charge is 2.26. The van der Waals surface area contributed by atoms with Crippen molar-refractivity contribution < 1.29 is 9.90 Å². The average Bonchev–Trinajstić information content (AvgIpc) is 2.60. The van der Waals surface area contributed by atoms with Crippen molar-refractivity contribution in [2.45, 2.75) is 65.2 Å². The first-order valence-corrected chi connectivity index (χ1v) is 9.67. The Hall–Kier alpha value is -3.23. The molecule has 1 aromatic carbocycles. The van der Waals surface area contributed by atoms with Crippen molar-refractivity contribution in [1.82, 2.24) is 20.6 Å². The van der Waals surface area contributed by atoms with Crippen LogP contribution in [0.15, 0.2) is 26.8 Å². The predicted molar refractivity (Wildman–Crippen MR) is 115 cm³/mol. The third-order valence-corrected chi connectivity index (χ3v) is 4.52. The molecule has 2 aromatic rings. The Morgan fingerprint density at radius 2 is 1.70 bits per heavy atom. The standard InChI is InChI=1S/C21H29N5O4/c1-20(2,3)13-9-12(10-14(17(13)28)21(4,5)6)11-22-25-16(27)8-7-15-18(29)23-19(30)26-24-15/h9-11,28H,7-8H2,1-6H3,(H,25,27)(H2,23,26,29,30)/b22-11+. The van der Waals surface area contributed by atoms with Gasteiger partial charge in [-0.15, -0.1) is 0 Å². The Labute approximate surface area is 174 Å². The molecule has 0 fully saturated rings. The van der Waals surface area contributed by atoms with E-state index in [1.807, 2.05) is 53.7 Å². The van der Waals surface area contributed by atoms with Crippen molar-refractivity contribution in [3.05, 3.63) is 55.4 Å². The number of aromatic hydroxyl groups is 1. The monoisotopic (exact) mass is 415 g/mol. The molecule has 9 nitrogen and oxygen atoms in total. The zero-order valence-electron chi connectivity index (χ0n) is 18.2. The highest BCUT2D eigenvalue weighted by atomic mass is 16.3. The summed E-state index contributed by atoms with van der Waals surface area (Å²) in [5, 5.41) is 20.5. The van der Waals surface area contributed by atoms with E-state index in [4.69, 9.17) is 0 Å². The summed E-state index contributed by atoms with van der Waals surface area (Å²) >= 11 is 0. The van der Waals surface area contributed by atoms with Crippen LogP contribution in [0.1, 0.15) is 70.3 Å². The van der Waals surface area contributed by atoms with Crippen LogP contribution in [0.3, 0.4) is 0 Å². The number of aromatic nitrogens is 3. The van der Waals surface area contributed by atoms with E-state index in [9.17, 15) is 19.5 Å². The minimum atomic E-state index is -0.698. The first-order valence-electron chi connectivity index (χ1n) is 9.67. The topological polar surface area (TPSA) is 140 Å². The number of amides is 1. The summed E-state index contributed by atoms with van der Waals surface area (Å²) in [4.78, 5) is 36.6. The van der Waals surface area contributed by atoms with Crippen LogP contribution in [0.2, 0.25) is 0 Å². The van der Waals surface area contributed by atoms with Gasteiger partial charge in [0.15, 0.2) is 0 Å². The van der Waals surface area contributed by atoms with Crippen LogP contribution >= 0.6 is 0 Å². The number of carbonyl (C=O) groups excluding carboxylic acids is 1. The van der Waals surface area contributed by atoms with Crippen LogP contribution in [0.4, 0.5) is 0 Å². The number of rotatable bonds is 5. The van der Waals surface area contributed by atoms with E-state index < -0.39 is 17.2 Å². The minimum absolute atomic E-state index is 0.0183. The molecule has 0 saturated carbocycles. The number of phenols is 1. The first kappa shape index (κ1) is 23.1. The lowest BCUT2D eigenvalue weighted by Gasteiger charge is -2.27. The molecule has 1 heterocycles. The summed E-state index contributed by atoms with van der Waals surface area (Å²) in [5.41, 5.74) is 2.97. The second-order valence-corrected chi connectivity index (χ2v) is 9.21. The molecule has 30 heavy (non-hydrogen) atoms. The van der Waals surface area contributed by atoms with Gasteiger partial charge in [0.05, 0.1) is 6.21 Å². The zero-order valence-corrected chi connectivity index (χ0v) is 18.2. The Morgan fingerprint density at radius 3 is 2.20 bits per heavy atom. The summed E-state index contributed by atoms with van der Waals surface area (Å²) in [5.74, 6) is -0.126. The van der Waals surface area contributed by atoms with Crippen LogP contribution in [0.5, 0.6) is 5.75 Å². The van der Waals surface area contributed by atoms with Gasteiger partial charge in [-0.1, -0.05) is 41.5 Å². The number of benzene rings is 1. The molecular formula is C21H29N5O4. The fourth-order valence-corrected chi connectivity index (χ4v) is 2.88. The second kappa shape index (κ2) is 8.64. The molecule has 1 amide bonds. The van der Waals surface area contributed by atoms with E-state index in [0.29, 0.717) is 0 Å². The molecule has 2 rings (SSSR count). The minimum Gasteiger partial charge on any atom is -0.507 e. The average molecular weight is 415 g/mol. The van der Waals surface area contributed by atoms with Gasteiger partial charge in [-0.3, -0.25) is 14.6 Å². The molecule has 0 bridgehead atoms. The van der Waals surface area contributed by atoms with E-state index in [0.717, 1.165) is 16.7 Å². The van der Waals surface area contributed by atoms with Crippen molar-refractivity contribution in [2.24, 2.45) is 5.10 Å². The Morgan fingerprint density at radius 1 is 1.13 bits per heavy atom. The Bertz CT molecular complexity index is 1030. The molecule has 0 aliphatic rings. The number of nitrogens with one attached hydrogen (secondary N) is 3. The van der Waals surface area contributed by atoms with Gasteiger partial charge < -0.3 is 5.11 Å². The van der Waals surface area contributed by atoms with Crippen molar-refractivity contribution in [3.63, 3.8) is 0 Å². The third kappa shape index (κ3) is 5.88. The molecule has 0 unspecified atom stereocenters. The number of hydrogen-bond donors (Lipinski definition) is 4. The van der Waals surface area contributed by atoms with Gasteiger partial charge in [-0.05, 0) is 28.5 Å². The summed E-state index contributed by atoms with van der Waals surface area (Å²) in [6.07, 6.45) is 1.57. The van der Waals surface area contributed by atoms with Gasteiger partial charge in [-0.2, -0.15) is 10.2 Å². The van der Waals surface area contributed by atoms with Crippen molar-refractivity contribution >= 4 is 12.1 Å². The number of phenolic OH excluding ortho intramolecular Hbond substituents is 1. The van der Waals surface area contributed by atoms with E-state index in [2.05, 4.69) is 25.7 Å². The molecule has 0 aliphatic heterocycles. The number of aromatic amines is 2. The molecule has 0 spiro atoms. The SMILES string of the molecule is CC(C)(C)c1cc(/C=N/NC(=O)CCc2n[nH]c(=O)[nH]c2=O)cc(C(C)(C)C)c1O. The molecule has 0 saturated heterocycles. The Balaban J connectivity index is 2.14. The maximum absolute atomic E-state index is 12.0. The molecule has 9 heteroatoms. The van der Waals surface area contributed by atoms with E-state index in [-0.39, 0.29) is 35.1 Å². The lowest BCUT2D eigenvalue weighted by Crippen LogP contribution is -2.28. The molecule has 4 N–H and O–H groups in total. The molecule has 0 atom stereocenters. The van der Waals surface area contributed by atoms with Crippen molar-refractivity contribution in [1.29, 1.82) is 0 Å². The molecule has 1 aromatic heterocycles. The van der Waals surface area contributed by atoms with Gasteiger partial charge in [-0.25, -0.2) is 15.3 Å². The number of aryl methyl sites for hydroxylation is 1. The summed E-state index contributed by atoms with van der Waals surface area (Å²) in [7, 11) is 0. The number of H-pyrrole nitrogens is 2. The number of nitrogens with zero attached hydrogens (tertiary/aromatic N) is 2. The molecule has 162 valence electrons. The lowest BCUT2D eigenvalue weighted by atomic mass is 9.78. The van der Waals surface area contributed by atoms with Crippen molar-refractivity contribution in [2.75, 3.05) is 0 Å². The molecule has 0 aliphatic carbocycles. The highest BCUT2D eigenvalue weighted by Crippen LogP contribution is 2.39. The van der Waals surface area contributed by atoms with Crippen LogP contribution in [0.25, 0.3) is 0 Å². The van der Waals surface area contributed by atoms with E-state index in [1.54, 1.807) is 0 Å². The van der Waals surface area contributed by atoms with Crippen molar-refractivity contribution in [3.8, 4) is 5.75 Å². The summed E-state index contributed by atoms with van der Waals surface area (Å²) < 4.78 is 0. The predicted octanol–water partition coefficient (Wildman–Crippen LogP) is 1.84. The summed E-state index contributed by atoms with van der Waals surface area (Å²) in [6, 6.07) is 3.70. The fraction of sp³-hybridized carbons (Fsp3) is 0.476. The smallest absolute Gasteiger partial charge is 0.342 e. The van der Waals surface area contributed by atoms with Crippen LogP contribution in [-0.2, 0) is 22.0 Å². The molecular weight excluding hydrogens is 386 g/mol. The van der Waals surface area contributed by atoms with Gasteiger partial charge in [0.2, 0.25) is 5.91 Å². The third-order valence-electron chi connectivity index (χ3n) is 4.52. The number of carbonyl (C=O) groups is 1. The van der Waals surface area contributed by atoms with Gasteiger partial charge in [0, 0.05) is 24.0 Å². The quantitative estimate of drug-likeness (QED) is 0.436. The second-order valence-electron chi connectivity index (χ2n) is 9.21. The fourth-order valence-electron chi connectivity index (χ4n) is 2.88. The van der Waals surface area contributed by atoms with Gasteiger partial charge in [0.25, 0.3) is 5.56 Å². The zero-order chi connectivity index (χ0) is 22.7. The van der Waals surface area contributed by atoms with Crippen LogP contribution in [-0.4, -0.2) is 32.4 Å². The normalized spacial score (nSPS) is 12.3. The van der Waals surface area contributed by atoms with Gasteiger partial charge in [0.1, 0.15) is 11.4 Å². The van der Waals surface area contributed by atoms with E-state index in [1.165, 1.54) is 6.21 Å². The van der Waals surface area contributed by atoms with Crippen LogP contribution in [0, 0.1) is 0 Å². The number of hydrogen-bond acceptors (Lipinski definition) is 6. The first-order chi connectivity index (χ1) is 13.8. The Kier molecular flexibility index (Phi) is 6.64.